The molecular formula is C15H29NO. The van der Waals surface area contributed by atoms with E-state index in [-0.39, 0.29) is 5.54 Å². The molecule has 2 heteroatoms. The van der Waals surface area contributed by atoms with Crippen molar-refractivity contribution in [3.05, 3.63) is 0 Å². The molecule has 2 nitrogen and oxygen atoms in total. The normalized spacial score (nSPS) is 20.4. The van der Waals surface area contributed by atoms with Gasteiger partial charge < -0.3 is 0 Å². The summed E-state index contributed by atoms with van der Waals surface area (Å²) in [4.78, 5) is 14.8. The Morgan fingerprint density at radius 1 is 1.12 bits per heavy atom. The minimum Gasteiger partial charge on any atom is -0.298 e. The number of unbranched alkanes of at least 4 members (excludes halogenated alkanes) is 3. The lowest BCUT2D eigenvalue weighted by Gasteiger charge is -2.36. The molecular weight excluding hydrogens is 210 g/mol. The fourth-order valence-corrected chi connectivity index (χ4v) is 2.79. The largest absolute Gasteiger partial charge is 0.298 e. The molecule has 1 aliphatic rings. The third-order valence-corrected chi connectivity index (χ3v) is 4.35. The van der Waals surface area contributed by atoms with E-state index in [1.165, 1.54) is 32.1 Å². The van der Waals surface area contributed by atoms with Crippen molar-refractivity contribution < 1.29 is 4.79 Å². The van der Waals surface area contributed by atoms with Crippen LogP contribution >= 0.6 is 0 Å². The average Bonchev–Trinajstić information content (AvgIpc) is 2.87. The molecule has 1 atom stereocenters. The van der Waals surface area contributed by atoms with Crippen molar-refractivity contribution in [3.8, 4) is 0 Å². The molecule has 1 fully saturated rings. The molecule has 0 aliphatic carbocycles. The second-order valence-electron chi connectivity index (χ2n) is 5.56. The highest BCUT2D eigenvalue weighted by Gasteiger charge is 2.37. The summed E-state index contributed by atoms with van der Waals surface area (Å²) in [5, 5.41) is 0. The van der Waals surface area contributed by atoms with Crippen LogP contribution < -0.4 is 0 Å². The SMILES string of the molecule is CCCCCCC(=O)C(C)(CC)N1CCCC1. The first-order chi connectivity index (χ1) is 8.15. The van der Waals surface area contributed by atoms with Gasteiger partial charge in [-0.15, -0.1) is 0 Å². The van der Waals surface area contributed by atoms with Crippen molar-refractivity contribution in [2.75, 3.05) is 13.1 Å². The molecule has 1 aliphatic heterocycles. The molecule has 0 bridgehead atoms. The molecule has 0 saturated carbocycles. The fraction of sp³-hybridized carbons (Fsp3) is 0.933. The Bertz CT molecular complexity index is 233. The Kier molecular flexibility index (Phi) is 6.18. The number of rotatable bonds is 8. The van der Waals surface area contributed by atoms with Gasteiger partial charge in [-0.2, -0.15) is 0 Å². The lowest BCUT2D eigenvalue weighted by molar-refractivity contribution is -0.130. The van der Waals surface area contributed by atoms with Gasteiger partial charge in [-0.25, -0.2) is 0 Å². The van der Waals surface area contributed by atoms with Crippen LogP contribution in [0.15, 0.2) is 0 Å². The van der Waals surface area contributed by atoms with Crippen molar-refractivity contribution in [3.63, 3.8) is 0 Å². The number of likely N-dealkylation sites (tertiary alicyclic amines) is 1. The first-order valence-electron chi connectivity index (χ1n) is 7.43. The predicted molar refractivity (Wildman–Crippen MR) is 73.3 cm³/mol. The molecule has 1 rings (SSSR count). The number of Topliss-reactive ketones (excluding diaryl/α,β-unsaturated/α-hetero) is 1. The van der Waals surface area contributed by atoms with Crippen LogP contribution in [0.4, 0.5) is 0 Å². The van der Waals surface area contributed by atoms with Crippen LogP contribution in [0.5, 0.6) is 0 Å². The van der Waals surface area contributed by atoms with Crippen molar-refractivity contribution >= 4 is 5.78 Å². The summed E-state index contributed by atoms with van der Waals surface area (Å²) < 4.78 is 0. The maximum Gasteiger partial charge on any atom is 0.152 e. The second-order valence-corrected chi connectivity index (χ2v) is 5.56. The van der Waals surface area contributed by atoms with E-state index in [4.69, 9.17) is 0 Å². The van der Waals surface area contributed by atoms with Gasteiger partial charge in [0.25, 0.3) is 0 Å². The highest BCUT2D eigenvalue weighted by Crippen LogP contribution is 2.27. The van der Waals surface area contributed by atoms with Gasteiger partial charge in [0.05, 0.1) is 5.54 Å². The molecule has 17 heavy (non-hydrogen) atoms. The molecule has 1 saturated heterocycles. The summed E-state index contributed by atoms with van der Waals surface area (Å²) >= 11 is 0. The number of carbonyl (C=O) groups excluding carboxylic acids is 1. The van der Waals surface area contributed by atoms with Gasteiger partial charge >= 0.3 is 0 Å². The number of ketones is 1. The minimum absolute atomic E-state index is 0.178. The molecule has 0 aromatic rings. The highest BCUT2D eigenvalue weighted by atomic mass is 16.1. The van der Waals surface area contributed by atoms with E-state index in [1.54, 1.807) is 0 Å². The number of hydrogen-bond acceptors (Lipinski definition) is 2. The average molecular weight is 239 g/mol. The van der Waals surface area contributed by atoms with Crippen molar-refractivity contribution in [1.82, 2.24) is 4.90 Å². The lowest BCUT2D eigenvalue weighted by Crippen LogP contribution is -2.50. The molecule has 0 amide bonds. The third kappa shape index (κ3) is 3.80. The maximum absolute atomic E-state index is 12.4. The zero-order valence-corrected chi connectivity index (χ0v) is 11.9. The Morgan fingerprint density at radius 2 is 1.76 bits per heavy atom. The molecule has 1 unspecified atom stereocenters. The van der Waals surface area contributed by atoms with Crippen LogP contribution in [0.3, 0.4) is 0 Å². The summed E-state index contributed by atoms with van der Waals surface area (Å²) in [6, 6.07) is 0. The molecule has 0 spiro atoms. The first-order valence-corrected chi connectivity index (χ1v) is 7.43. The van der Waals surface area contributed by atoms with Crippen LogP contribution in [0.1, 0.15) is 72.1 Å². The van der Waals surface area contributed by atoms with E-state index >= 15 is 0 Å². The topological polar surface area (TPSA) is 20.3 Å². The summed E-state index contributed by atoms with van der Waals surface area (Å²) in [6.07, 6.45) is 9.06. The maximum atomic E-state index is 12.4. The Labute approximate surface area is 107 Å². The zero-order valence-electron chi connectivity index (χ0n) is 11.9. The van der Waals surface area contributed by atoms with Crippen LogP contribution in [0.25, 0.3) is 0 Å². The standard InChI is InChI=1S/C15H29NO/c1-4-6-7-8-11-14(17)15(3,5-2)16-12-9-10-13-16/h4-13H2,1-3H3. The van der Waals surface area contributed by atoms with Crippen LogP contribution in [0, 0.1) is 0 Å². The van der Waals surface area contributed by atoms with Gasteiger partial charge in [-0.1, -0.05) is 33.1 Å². The Hall–Kier alpha value is -0.370. The summed E-state index contributed by atoms with van der Waals surface area (Å²) in [7, 11) is 0. The van der Waals surface area contributed by atoms with Gasteiger partial charge in [0.1, 0.15) is 0 Å². The van der Waals surface area contributed by atoms with E-state index < -0.39 is 0 Å². The van der Waals surface area contributed by atoms with Crippen LogP contribution in [-0.2, 0) is 4.79 Å². The molecule has 0 N–H and O–H groups in total. The van der Waals surface area contributed by atoms with E-state index in [2.05, 4.69) is 25.7 Å². The Morgan fingerprint density at radius 3 is 2.29 bits per heavy atom. The number of nitrogens with zero attached hydrogens (tertiary/aromatic N) is 1. The van der Waals surface area contributed by atoms with E-state index in [1.807, 2.05) is 0 Å². The predicted octanol–water partition coefficient (Wildman–Crippen LogP) is 3.79. The van der Waals surface area contributed by atoms with Gasteiger partial charge in [-0.05, 0) is 45.7 Å². The molecule has 100 valence electrons. The summed E-state index contributed by atoms with van der Waals surface area (Å²) in [5.74, 6) is 0.470. The van der Waals surface area contributed by atoms with E-state index in [0.29, 0.717) is 5.78 Å². The van der Waals surface area contributed by atoms with Crippen molar-refractivity contribution in [2.45, 2.75) is 77.7 Å². The zero-order chi connectivity index (χ0) is 12.7. The Balaban J connectivity index is 2.44. The molecule has 0 aromatic carbocycles. The van der Waals surface area contributed by atoms with Crippen molar-refractivity contribution in [2.24, 2.45) is 0 Å². The van der Waals surface area contributed by atoms with Gasteiger partial charge in [0.15, 0.2) is 5.78 Å². The second kappa shape index (κ2) is 7.15. The summed E-state index contributed by atoms with van der Waals surface area (Å²) in [5.41, 5.74) is -0.178. The van der Waals surface area contributed by atoms with Gasteiger partial charge in [0.2, 0.25) is 0 Å². The third-order valence-electron chi connectivity index (χ3n) is 4.35. The van der Waals surface area contributed by atoms with E-state index in [9.17, 15) is 4.79 Å². The molecule has 1 heterocycles. The van der Waals surface area contributed by atoms with Crippen molar-refractivity contribution in [1.29, 1.82) is 0 Å². The number of hydrogen-bond donors (Lipinski definition) is 0. The van der Waals surface area contributed by atoms with Gasteiger partial charge in [-0.3, -0.25) is 9.69 Å². The monoisotopic (exact) mass is 239 g/mol. The highest BCUT2D eigenvalue weighted by molar-refractivity contribution is 5.87. The molecule has 0 aromatic heterocycles. The fourth-order valence-electron chi connectivity index (χ4n) is 2.79. The smallest absolute Gasteiger partial charge is 0.152 e. The first kappa shape index (κ1) is 14.7. The van der Waals surface area contributed by atoms with Crippen LogP contribution in [-0.4, -0.2) is 29.3 Å². The quantitative estimate of drug-likeness (QED) is 0.601. The molecule has 0 radical (unpaired) electrons. The van der Waals surface area contributed by atoms with Gasteiger partial charge in [0, 0.05) is 6.42 Å². The lowest BCUT2D eigenvalue weighted by atomic mass is 9.88. The minimum atomic E-state index is -0.178. The van der Waals surface area contributed by atoms with Crippen LogP contribution in [0.2, 0.25) is 0 Å². The van der Waals surface area contributed by atoms with E-state index in [0.717, 1.165) is 32.4 Å². The summed E-state index contributed by atoms with van der Waals surface area (Å²) in [6.45, 7) is 8.75. The number of carbonyl (C=O) groups is 1.